The summed E-state index contributed by atoms with van der Waals surface area (Å²) >= 11 is 0. The summed E-state index contributed by atoms with van der Waals surface area (Å²) in [6.07, 6.45) is 2.05. The molecule has 0 unspecified atom stereocenters. The highest BCUT2D eigenvalue weighted by atomic mass is 16.6. The Labute approximate surface area is 393 Å². The van der Waals surface area contributed by atoms with Crippen molar-refractivity contribution in [1.82, 2.24) is 40.2 Å². The maximum atomic E-state index is 13.9. The van der Waals surface area contributed by atoms with Crippen LogP contribution >= 0.6 is 0 Å². The number of unbranched alkanes of at least 4 members (excludes halogenated alkanes) is 2. The Bertz CT molecular complexity index is 1930. The van der Waals surface area contributed by atoms with Crippen LogP contribution in [0.3, 0.4) is 0 Å². The van der Waals surface area contributed by atoms with Crippen LogP contribution in [-0.4, -0.2) is 167 Å². The van der Waals surface area contributed by atoms with Gasteiger partial charge >= 0.3 is 6.09 Å². The van der Waals surface area contributed by atoms with Crippen molar-refractivity contribution in [2.24, 2.45) is 0 Å². The molecule has 5 amide bonds. The van der Waals surface area contributed by atoms with Crippen molar-refractivity contribution in [3.8, 4) is 11.5 Å². The largest absolute Gasteiger partial charge is 0.487 e. The molecule has 4 aliphatic heterocycles. The summed E-state index contributed by atoms with van der Waals surface area (Å²) in [6.45, 7) is 15.2. The van der Waals surface area contributed by atoms with Crippen LogP contribution in [0.4, 0.5) is 4.79 Å². The number of nitrogens with one attached hydrogen (secondary N) is 4. The highest BCUT2D eigenvalue weighted by Gasteiger charge is 2.26. The Hall–Kier alpha value is -5.51. The molecule has 0 aliphatic carbocycles. The first-order valence-electron chi connectivity index (χ1n) is 23.2. The number of hydrogen-bond acceptors (Lipinski definition) is 14. The van der Waals surface area contributed by atoms with Crippen LogP contribution in [-0.2, 0) is 41.6 Å². The quantitative estimate of drug-likeness (QED) is 0.165. The van der Waals surface area contributed by atoms with E-state index in [1.54, 1.807) is 41.7 Å². The lowest BCUT2D eigenvalue weighted by molar-refractivity contribution is -0.122. The van der Waals surface area contributed by atoms with Gasteiger partial charge < -0.3 is 63.7 Å². The topological polar surface area (TPSA) is 239 Å². The van der Waals surface area contributed by atoms with E-state index in [1.807, 2.05) is 18.7 Å². The van der Waals surface area contributed by atoms with Crippen molar-refractivity contribution in [3.05, 3.63) is 55.4 Å². The van der Waals surface area contributed by atoms with Crippen molar-refractivity contribution in [2.45, 2.75) is 92.8 Å². The number of ether oxygens (including phenoxy) is 6. The molecular formula is C46H74N8O13. The zero-order valence-corrected chi connectivity index (χ0v) is 40.8. The van der Waals surface area contributed by atoms with Crippen molar-refractivity contribution >= 4 is 29.7 Å². The molecule has 21 heteroatoms. The van der Waals surface area contributed by atoms with Gasteiger partial charge in [0.15, 0.2) is 11.5 Å². The number of pyridine rings is 2. The van der Waals surface area contributed by atoms with Gasteiger partial charge in [-0.05, 0) is 59.6 Å². The minimum absolute atomic E-state index is 0.0276. The lowest BCUT2D eigenvalue weighted by atomic mass is 10.1. The molecule has 21 nitrogen and oxygen atoms in total. The van der Waals surface area contributed by atoms with Crippen LogP contribution in [0, 0.1) is 13.8 Å². The Morgan fingerprint density at radius 3 is 1.48 bits per heavy atom. The van der Waals surface area contributed by atoms with Crippen molar-refractivity contribution in [3.63, 3.8) is 0 Å². The Morgan fingerprint density at radius 1 is 0.612 bits per heavy atom. The molecule has 376 valence electrons. The van der Waals surface area contributed by atoms with Crippen LogP contribution in [0.1, 0.15) is 92.4 Å². The third-order valence-electron chi connectivity index (χ3n) is 10.3. The van der Waals surface area contributed by atoms with Crippen LogP contribution < -0.4 is 41.9 Å². The van der Waals surface area contributed by atoms with E-state index in [4.69, 9.17) is 28.4 Å². The van der Waals surface area contributed by atoms with Gasteiger partial charge in [-0.3, -0.25) is 33.7 Å². The maximum Gasteiger partial charge on any atom is 0.410 e. The highest BCUT2D eigenvalue weighted by molar-refractivity contribution is 5.97. The summed E-state index contributed by atoms with van der Waals surface area (Å²) in [5.41, 5.74) is -1.52. The molecule has 0 saturated heterocycles. The van der Waals surface area contributed by atoms with E-state index >= 15 is 0 Å². The lowest BCUT2D eigenvalue weighted by Gasteiger charge is -2.27. The molecule has 0 saturated carbocycles. The number of methoxy groups -OCH3 is 1. The van der Waals surface area contributed by atoms with E-state index in [0.717, 1.165) is 12.8 Å². The first-order valence-corrected chi connectivity index (χ1v) is 23.2. The smallest absolute Gasteiger partial charge is 0.410 e. The Balaban J connectivity index is 1.98. The molecule has 4 aliphatic rings. The second kappa shape index (κ2) is 29.3. The minimum Gasteiger partial charge on any atom is -0.487 e. The third kappa shape index (κ3) is 19.3. The van der Waals surface area contributed by atoms with Gasteiger partial charge in [0.1, 0.15) is 18.7 Å². The molecule has 0 fully saturated rings. The standard InChI is InChI=1S/C46H74N8O13/c1-9-11-22-65-39-35-29-33(3)53(43(39)59)31-37(55)47-13-17-51(21-24-63-27-28-64-26-25-62-8)18-14-48-38(56)32-54-34(4)30-36(40(44(54)60)66-23-12-10-2)42(58)50-16-20-52(19-15-49-41(35)57)45(61)67-46(5,6)7/h29-30H,9-28,31-32H2,1-8H3,(H,47,55)(H,48,56)(H,49,57)(H,50,58). The maximum absolute atomic E-state index is 13.9. The number of hydrogen-bond donors (Lipinski definition) is 4. The Kier molecular flexibility index (Phi) is 24.4. The zero-order valence-electron chi connectivity index (χ0n) is 40.8. The molecule has 0 radical (unpaired) electrons. The molecule has 6 rings (SSSR count). The lowest BCUT2D eigenvalue weighted by Crippen LogP contribution is -2.45. The average Bonchev–Trinajstić information content (AvgIpc) is 3.27. The fourth-order valence-electron chi connectivity index (χ4n) is 6.67. The van der Waals surface area contributed by atoms with Crippen LogP contribution in [0.15, 0.2) is 21.7 Å². The average molecular weight is 947 g/mol. The first kappa shape index (κ1) is 55.8. The number of nitrogens with zero attached hydrogens (tertiary/aromatic N) is 4. The first-order chi connectivity index (χ1) is 32.0. The number of rotatable bonds is 17. The number of carbonyl (C=O) groups excluding carboxylic acids is 5. The number of aryl methyl sites for hydroxylation is 2. The molecule has 4 N–H and O–H groups in total. The molecule has 6 heterocycles. The van der Waals surface area contributed by atoms with E-state index < -0.39 is 46.4 Å². The summed E-state index contributed by atoms with van der Waals surface area (Å²) in [7, 11) is 1.59. The molecule has 67 heavy (non-hydrogen) atoms. The Morgan fingerprint density at radius 2 is 1.04 bits per heavy atom. The molecule has 0 atom stereocenters. The molecule has 4 bridgehead atoms. The van der Waals surface area contributed by atoms with Crippen molar-refractivity contribution in [2.75, 3.05) is 112 Å². The summed E-state index contributed by atoms with van der Waals surface area (Å²) in [5.74, 6) is -2.57. The number of amides is 5. The van der Waals surface area contributed by atoms with Crippen molar-refractivity contribution in [1.29, 1.82) is 0 Å². The van der Waals surface area contributed by atoms with E-state index in [1.165, 1.54) is 26.2 Å². The normalized spacial score (nSPS) is 15.6. The molecule has 0 spiro atoms. The second-order valence-corrected chi connectivity index (χ2v) is 17.0. The number of aromatic nitrogens is 2. The van der Waals surface area contributed by atoms with E-state index in [9.17, 15) is 33.6 Å². The predicted molar refractivity (Wildman–Crippen MR) is 250 cm³/mol. The van der Waals surface area contributed by atoms with Crippen molar-refractivity contribution < 1.29 is 52.4 Å². The van der Waals surface area contributed by atoms with E-state index in [0.29, 0.717) is 76.9 Å². The van der Waals surface area contributed by atoms with Gasteiger partial charge in [0.2, 0.25) is 11.8 Å². The van der Waals surface area contributed by atoms with Crippen LogP contribution in [0.25, 0.3) is 0 Å². The summed E-state index contributed by atoms with van der Waals surface area (Å²) in [4.78, 5) is 98.8. The zero-order chi connectivity index (χ0) is 49.4. The third-order valence-corrected chi connectivity index (χ3v) is 10.3. The fraction of sp³-hybridized carbons (Fsp3) is 0.674. The molecule has 0 aromatic carbocycles. The highest BCUT2D eigenvalue weighted by Crippen LogP contribution is 2.18. The van der Waals surface area contributed by atoms with Gasteiger partial charge in [-0.1, -0.05) is 26.7 Å². The van der Waals surface area contributed by atoms with E-state index in [-0.39, 0.29) is 88.2 Å². The van der Waals surface area contributed by atoms with Gasteiger partial charge in [0.05, 0.1) is 57.4 Å². The molecule has 2 aromatic heterocycles. The number of carbonyl (C=O) groups is 5. The van der Waals surface area contributed by atoms with Gasteiger partial charge in [-0.2, -0.15) is 0 Å². The summed E-state index contributed by atoms with van der Waals surface area (Å²) < 4.78 is 36.1. The van der Waals surface area contributed by atoms with Gasteiger partial charge in [0, 0.05) is 77.4 Å². The predicted octanol–water partition coefficient (Wildman–Crippen LogP) is 1.61. The SMILES string of the molecule is CCCCOc1c2cc(C)n(c1=O)CC(=O)NCCN(CCOCCOCCOC)CCNC(=O)Cn1c(C)cc(c(OCCCC)c1=O)C(=O)NCCN(C(=O)OC(C)(C)C)CCNC2=O. The van der Waals surface area contributed by atoms with Gasteiger partial charge in [-0.15, -0.1) is 0 Å². The van der Waals surface area contributed by atoms with Gasteiger partial charge in [0.25, 0.3) is 22.9 Å². The monoisotopic (exact) mass is 947 g/mol. The van der Waals surface area contributed by atoms with Crippen LogP contribution in [0.5, 0.6) is 11.5 Å². The molecule has 2 aromatic rings. The molecular weight excluding hydrogens is 873 g/mol. The summed E-state index contributed by atoms with van der Waals surface area (Å²) in [6, 6.07) is 2.97. The van der Waals surface area contributed by atoms with Gasteiger partial charge in [-0.25, -0.2) is 4.79 Å². The fourth-order valence-corrected chi connectivity index (χ4v) is 6.67. The minimum atomic E-state index is -0.860. The summed E-state index contributed by atoms with van der Waals surface area (Å²) in [5, 5.41) is 11.3. The second-order valence-electron chi connectivity index (χ2n) is 17.0. The van der Waals surface area contributed by atoms with E-state index in [2.05, 4.69) is 21.3 Å². The van der Waals surface area contributed by atoms with Crippen LogP contribution in [0.2, 0.25) is 0 Å².